The Morgan fingerprint density at radius 1 is 1.04 bits per heavy atom. The molecule has 3 rings (SSSR count). The van der Waals surface area contributed by atoms with E-state index in [2.05, 4.69) is 34.7 Å². The van der Waals surface area contributed by atoms with Gasteiger partial charge >= 0.3 is 0 Å². The number of rotatable bonds is 5. The lowest BCUT2D eigenvalue weighted by Gasteiger charge is -2.26. The maximum absolute atomic E-state index is 12.6. The lowest BCUT2D eigenvalue weighted by molar-refractivity contribution is 0.0724. The fourth-order valence-corrected chi connectivity index (χ4v) is 3.46. The van der Waals surface area contributed by atoms with E-state index in [0.717, 1.165) is 43.0 Å². The maximum Gasteiger partial charge on any atom is 0.253 e. The molecule has 1 fully saturated rings. The zero-order valence-electron chi connectivity index (χ0n) is 16.8. The van der Waals surface area contributed by atoms with Gasteiger partial charge in [-0.05, 0) is 49.4 Å². The van der Waals surface area contributed by atoms with Gasteiger partial charge in [-0.15, -0.1) is 0 Å². The maximum atomic E-state index is 12.6. The number of likely N-dealkylation sites (tertiary alicyclic amines) is 1. The second kappa shape index (κ2) is 9.93. The van der Waals surface area contributed by atoms with Gasteiger partial charge in [0.25, 0.3) is 5.91 Å². The van der Waals surface area contributed by atoms with Crippen molar-refractivity contribution in [2.24, 2.45) is 4.99 Å². The van der Waals surface area contributed by atoms with Crippen molar-refractivity contribution < 1.29 is 4.79 Å². The fourth-order valence-electron chi connectivity index (χ4n) is 3.46. The summed E-state index contributed by atoms with van der Waals surface area (Å²) in [6, 6.07) is 18.3. The third kappa shape index (κ3) is 5.35. The average molecular weight is 379 g/mol. The lowest BCUT2D eigenvalue weighted by atomic mass is 10.1. The Hall–Kier alpha value is -2.82. The first-order valence-corrected chi connectivity index (χ1v) is 10.1. The second-order valence-corrected chi connectivity index (χ2v) is 7.25. The first kappa shape index (κ1) is 19.9. The zero-order valence-corrected chi connectivity index (χ0v) is 16.8. The molecule has 1 amide bonds. The average Bonchev–Trinajstić information content (AvgIpc) is 2.77. The first-order chi connectivity index (χ1) is 13.7. The fraction of sp³-hybridized carbons (Fsp3) is 0.391. The van der Waals surface area contributed by atoms with Crippen LogP contribution in [0, 0.1) is 0 Å². The predicted octanol–water partition coefficient (Wildman–Crippen LogP) is 3.74. The van der Waals surface area contributed by atoms with Gasteiger partial charge in [0.1, 0.15) is 0 Å². The summed E-state index contributed by atoms with van der Waals surface area (Å²) in [6.07, 6.45) is 3.45. The highest BCUT2D eigenvalue weighted by Gasteiger charge is 2.17. The van der Waals surface area contributed by atoms with E-state index < -0.39 is 0 Å². The Morgan fingerprint density at radius 2 is 1.71 bits per heavy atom. The van der Waals surface area contributed by atoms with Gasteiger partial charge in [0.15, 0.2) is 5.96 Å². The van der Waals surface area contributed by atoms with Crippen LogP contribution < -0.4 is 10.6 Å². The van der Waals surface area contributed by atoms with Crippen LogP contribution >= 0.6 is 0 Å². The van der Waals surface area contributed by atoms with Crippen LogP contribution in [0.3, 0.4) is 0 Å². The quantitative estimate of drug-likeness (QED) is 0.616. The molecule has 28 heavy (non-hydrogen) atoms. The van der Waals surface area contributed by atoms with Gasteiger partial charge in [0, 0.05) is 32.2 Å². The number of amides is 1. The molecule has 1 heterocycles. The Labute approximate surface area is 167 Å². The molecule has 1 aliphatic heterocycles. The Kier molecular flexibility index (Phi) is 7.06. The van der Waals surface area contributed by atoms with Gasteiger partial charge < -0.3 is 15.5 Å². The van der Waals surface area contributed by atoms with Crippen molar-refractivity contribution in [1.82, 2.24) is 15.5 Å². The highest BCUT2D eigenvalue weighted by Crippen LogP contribution is 2.14. The largest absolute Gasteiger partial charge is 0.352 e. The van der Waals surface area contributed by atoms with Crippen LogP contribution in [0.5, 0.6) is 0 Å². The van der Waals surface area contributed by atoms with E-state index in [9.17, 15) is 4.79 Å². The highest BCUT2D eigenvalue weighted by atomic mass is 16.2. The summed E-state index contributed by atoms with van der Waals surface area (Å²) in [6.45, 7) is 4.52. The van der Waals surface area contributed by atoms with E-state index >= 15 is 0 Å². The molecule has 2 N–H and O–H groups in total. The first-order valence-electron chi connectivity index (χ1n) is 10.1. The molecule has 1 aliphatic rings. The van der Waals surface area contributed by atoms with Gasteiger partial charge in [-0.2, -0.15) is 0 Å². The number of guanidine groups is 1. The van der Waals surface area contributed by atoms with Crippen molar-refractivity contribution in [2.45, 2.75) is 38.8 Å². The van der Waals surface area contributed by atoms with Crippen LogP contribution in [0.25, 0.3) is 0 Å². The summed E-state index contributed by atoms with van der Waals surface area (Å²) in [5.74, 6) is 0.901. The number of nitrogens with one attached hydrogen (secondary N) is 2. The topological polar surface area (TPSA) is 56.7 Å². The monoisotopic (exact) mass is 378 g/mol. The standard InChI is InChI=1S/C23H30N4O/c1-18(20-9-5-3-6-10-20)26-23(24-2)25-17-19-11-13-21(14-12-19)22(28)27-15-7-4-8-16-27/h3,5-6,9-14,18H,4,7-8,15-17H2,1-2H3,(H2,24,25,26). The minimum atomic E-state index is 0.147. The van der Waals surface area contributed by atoms with Crippen LogP contribution in [0.2, 0.25) is 0 Å². The molecule has 148 valence electrons. The molecule has 1 atom stereocenters. The highest BCUT2D eigenvalue weighted by molar-refractivity contribution is 5.94. The molecule has 0 aliphatic carbocycles. The molecule has 2 aromatic carbocycles. The normalized spacial score (nSPS) is 15.8. The van der Waals surface area contributed by atoms with Crippen molar-refractivity contribution in [1.29, 1.82) is 0 Å². The summed E-state index contributed by atoms with van der Waals surface area (Å²) < 4.78 is 0. The number of hydrogen-bond acceptors (Lipinski definition) is 2. The molecule has 1 unspecified atom stereocenters. The van der Waals surface area contributed by atoms with E-state index in [1.807, 2.05) is 47.4 Å². The number of carbonyl (C=O) groups excluding carboxylic acids is 1. The van der Waals surface area contributed by atoms with Crippen LogP contribution in [0.1, 0.15) is 53.7 Å². The van der Waals surface area contributed by atoms with E-state index in [4.69, 9.17) is 0 Å². The van der Waals surface area contributed by atoms with Crippen molar-refractivity contribution in [3.63, 3.8) is 0 Å². The molecule has 0 spiro atoms. The smallest absolute Gasteiger partial charge is 0.253 e. The zero-order chi connectivity index (χ0) is 19.8. The second-order valence-electron chi connectivity index (χ2n) is 7.25. The summed E-state index contributed by atoms with van der Waals surface area (Å²) in [5, 5.41) is 6.75. The molecule has 1 saturated heterocycles. The molecule has 0 saturated carbocycles. The Bertz CT molecular complexity index is 780. The van der Waals surface area contributed by atoms with Crippen LogP contribution in [0.4, 0.5) is 0 Å². The van der Waals surface area contributed by atoms with Gasteiger partial charge in [0.2, 0.25) is 0 Å². The SMILES string of the molecule is CN=C(NCc1ccc(C(=O)N2CCCCC2)cc1)NC(C)c1ccccc1. The third-order valence-electron chi connectivity index (χ3n) is 5.18. The number of aliphatic imine (C=N–C) groups is 1. The number of carbonyl (C=O) groups is 1. The van der Waals surface area contributed by atoms with Crippen LogP contribution in [-0.2, 0) is 6.54 Å². The number of benzene rings is 2. The van der Waals surface area contributed by atoms with Crippen molar-refractivity contribution in [3.05, 3.63) is 71.3 Å². The van der Waals surface area contributed by atoms with E-state index in [1.54, 1.807) is 7.05 Å². The van der Waals surface area contributed by atoms with Gasteiger partial charge in [0.05, 0.1) is 6.04 Å². The van der Waals surface area contributed by atoms with E-state index in [0.29, 0.717) is 6.54 Å². The molecule has 0 radical (unpaired) electrons. The van der Waals surface area contributed by atoms with Crippen LogP contribution in [-0.4, -0.2) is 36.9 Å². The minimum absolute atomic E-state index is 0.147. The number of nitrogens with zero attached hydrogens (tertiary/aromatic N) is 2. The Balaban J connectivity index is 1.52. The molecule has 5 heteroatoms. The summed E-state index contributed by atoms with van der Waals surface area (Å²) in [5.41, 5.74) is 3.10. The molecule has 0 aromatic heterocycles. The van der Waals surface area contributed by atoms with Gasteiger partial charge in [-0.25, -0.2) is 0 Å². The molecular weight excluding hydrogens is 348 g/mol. The number of hydrogen-bond donors (Lipinski definition) is 2. The Morgan fingerprint density at radius 3 is 2.36 bits per heavy atom. The predicted molar refractivity (Wildman–Crippen MR) is 114 cm³/mol. The van der Waals surface area contributed by atoms with Crippen LogP contribution in [0.15, 0.2) is 59.6 Å². The third-order valence-corrected chi connectivity index (χ3v) is 5.18. The molecular formula is C23H30N4O. The summed E-state index contributed by atoms with van der Waals surface area (Å²) >= 11 is 0. The minimum Gasteiger partial charge on any atom is -0.352 e. The molecule has 0 bridgehead atoms. The molecule has 2 aromatic rings. The van der Waals surface area contributed by atoms with E-state index in [-0.39, 0.29) is 11.9 Å². The lowest BCUT2D eigenvalue weighted by Crippen LogP contribution is -2.38. The number of piperidine rings is 1. The van der Waals surface area contributed by atoms with E-state index in [1.165, 1.54) is 12.0 Å². The summed E-state index contributed by atoms with van der Waals surface area (Å²) in [7, 11) is 1.77. The van der Waals surface area contributed by atoms with Gasteiger partial charge in [-0.1, -0.05) is 42.5 Å². The summed E-state index contributed by atoms with van der Waals surface area (Å²) in [4.78, 5) is 18.8. The van der Waals surface area contributed by atoms with Crippen molar-refractivity contribution in [2.75, 3.05) is 20.1 Å². The van der Waals surface area contributed by atoms with Crippen molar-refractivity contribution >= 4 is 11.9 Å². The van der Waals surface area contributed by atoms with Gasteiger partial charge in [-0.3, -0.25) is 9.79 Å². The van der Waals surface area contributed by atoms with Crippen molar-refractivity contribution in [3.8, 4) is 0 Å². The molecule has 5 nitrogen and oxygen atoms in total.